The van der Waals surface area contributed by atoms with Gasteiger partial charge in [-0.2, -0.15) is 0 Å². The first-order valence-electron chi connectivity index (χ1n) is 5.58. The van der Waals surface area contributed by atoms with Gasteiger partial charge in [-0.05, 0) is 57.2 Å². The van der Waals surface area contributed by atoms with E-state index in [9.17, 15) is 0 Å². The van der Waals surface area contributed by atoms with E-state index in [0.29, 0.717) is 6.61 Å². The Labute approximate surface area is 119 Å². The van der Waals surface area contributed by atoms with Crippen molar-refractivity contribution in [2.24, 2.45) is 0 Å². The first-order valence-corrected chi connectivity index (χ1v) is 7.25. The fraction of sp³-hybridized carbons (Fsp3) is 0.231. The van der Waals surface area contributed by atoms with Crippen LogP contribution in [0.15, 0.2) is 39.5 Å². The van der Waals surface area contributed by atoms with Crippen LogP contribution in [0.25, 0.3) is 0 Å². The molecule has 96 valence electrons. The quantitative estimate of drug-likeness (QED) is 0.853. The van der Waals surface area contributed by atoms with Crippen molar-refractivity contribution < 1.29 is 9.84 Å². The maximum absolute atomic E-state index is 8.65. The van der Waals surface area contributed by atoms with Crippen molar-refractivity contribution in [2.75, 3.05) is 18.5 Å². The van der Waals surface area contributed by atoms with Crippen molar-refractivity contribution in [1.82, 2.24) is 0 Å². The second kappa shape index (κ2) is 6.78. The summed E-state index contributed by atoms with van der Waals surface area (Å²) in [6.07, 6.45) is 0. The summed E-state index contributed by atoms with van der Waals surface area (Å²) >= 11 is 5.13. The Kier molecular flexibility index (Phi) is 5.04. The molecule has 0 aliphatic heterocycles. The molecule has 1 aromatic heterocycles. The number of nitrogens with one attached hydrogen (secondary N) is 1. The summed E-state index contributed by atoms with van der Waals surface area (Å²) < 4.78 is 6.44. The van der Waals surface area contributed by atoms with E-state index in [1.165, 1.54) is 5.56 Å². The van der Waals surface area contributed by atoms with Crippen molar-refractivity contribution in [3.63, 3.8) is 0 Å². The fourth-order valence-electron chi connectivity index (χ4n) is 1.48. The maximum atomic E-state index is 8.65. The van der Waals surface area contributed by atoms with E-state index in [-0.39, 0.29) is 6.61 Å². The zero-order chi connectivity index (χ0) is 12.8. The summed E-state index contributed by atoms with van der Waals surface area (Å²) in [4.78, 5) is 0. The summed E-state index contributed by atoms with van der Waals surface area (Å²) in [7, 11) is 0. The third-order valence-electron chi connectivity index (χ3n) is 2.33. The van der Waals surface area contributed by atoms with Gasteiger partial charge in [-0.3, -0.25) is 0 Å². The zero-order valence-corrected chi connectivity index (χ0v) is 12.1. The van der Waals surface area contributed by atoms with Crippen molar-refractivity contribution in [3.05, 3.63) is 45.1 Å². The van der Waals surface area contributed by atoms with Gasteiger partial charge in [-0.15, -0.1) is 11.3 Å². The predicted molar refractivity (Wildman–Crippen MR) is 78.4 cm³/mol. The minimum atomic E-state index is 0.0348. The topological polar surface area (TPSA) is 41.5 Å². The number of thiophene rings is 1. The van der Waals surface area contributed by atoms with Crippen LogP contribution in [0.1, 0.15) is 5.56 Å². The summed E-state index contributed by atoms with van der Waals surface area (Å²) in [5, 5.41) is 14.1. The molecular weight excluding hydrogens is 314 g/mol. The molecule has 1 heterocycles. The number of benzene rings is 1. The molecule has 0 radical (unpaired) electrons. The molecule has 0 bridgehead atoms. The largest absolute Gasteiger partial charge is 0.491 e. The van der Waals surface area contributed by atoms with Gasteiger partial charge in [0.05, 0.1) is 10.4 Å². The van der Waals surface area contributed by atoms with E-state index in [1.54, 1.807) is 11.3 Å². The highest BCUT2D eigenvalue weighted by atomic mass is 79.9. The average molecular weight is 328 g/mol. The van der Waals surface area contributed by atoms with Crippen LogP contribution in [0, 0.1) is 0 Å². The first-order chi connectivity index (χ1) is 8.78. The zero-order valence-electron chi connectivity index (χ0n) is 9.73. The van der Waals surface area contributed by atoms with Gasteiger partial charge in [0.15, 0.2) is 0 Å². The number of ether oxygens (including phenoxy) is 1. The fourth-order valence-corrected chi connectivity index (χ4v) is 2.68. The highest BCUT2D eigenvalue weighted by Gasteiger charge is 1.98. The van der Waals surface area contributed by atoms with Crippen molar-refractivity contribution in [2.45, 2.75) is 6.54 Å². The van der Waals surface area contributed by atoms with E-state index >= 15 is 0 Å². The molecule has 0 saturated carbocycles. The number of hydrogen-bond acceptors (Lipinski definition) is 4. The molecule has 0 amide bonds. The molecule has 2 N–H and O–H groups in total. The van der Waals surface area contributed by atoms with Gasteiger partial charge in [0.25, 0.3) is 0 Å². The summed E-state index contributed by atoms with van der Waals surface area (Å²) in [5.41, 5.74) is 2.31. The van der Waals surface area contributed by atoms with Gasteiger partial charge < -0.3 is 15.2 Å². The van der Waals surface area contributed by atoms with Crippen LogP contribution in [-0.2, 0) is 6.54 Å². The Bertz CT molecular complexity index is 484. The maximum Gasteiger partial charge on any atom is 0.119 e. The normalized spacial score (nSPS) is 10.3. The molecular formula is C13H14BrNO2S. The third kappa shape index (κ3) is 4.01. The Balaban J connectivity index is 1.86. The molecule has 18 heavy (non-hydrogen) atoms. The van der Waals surface area contributed by atoms with Crippen LogP contribution < -0.4 is 10.1 Å². The molecule has 0 saturated heterocycles. The van der Waals surface area contributed by atoms with Gasteiger partial charge in [-0.1, -0.05) is 0 Å². The van der Waals surface area contributed by atoms with Crippen molar-refractivity contribution in [3.8, 4) is 5.75 Å². The molecule has 1 aromatic carbocycles. The van der Waals surface area contributed by atoms with Crippen LogP contribution in [-0.4, -0.2) is 18.3 Å². The molecule has 0 aliphatic carbocycles. The molecule has 0 atom stereocenters. The molecule has 2 rings (SSSR count). The van der Waals surface area contributed by atoms with Crippen LogP contribution in [0.2, 0.25) is 0 Å². The molecule has 0 unspecified atom stereocenters. The smallest absolute Gasteiger partial charge is 0.119 e. The average Bonchev–Trinajstić information content (AvgIpc) is 2.81. The molecule has 0 fully saturated rings. The van der Waals surface area contributed by atoms with Crippen LogP contribution in [0.4, 0.5) is 5.69 Å². The number of aliphatic hydroxyl groups is 1. The molecule has 5 heteroatoms. The van der Waals surface area contributed by atoms with E-state index < -0.39 is 0 Å². The second-order valence-corrected chi connectivity index (χ2v) is 6.00. The van der Waals surface area contributed by atoms with E-state index in [0.717, 1.165) is 21.8 Å². The van der Waals surface area contributed by atoms with Gasteiger partial charge in [0, 0.05) is 12.2 Å². The van der Waals surface area contributed by atoms with E-state index in [1.807, 2.05) is 24.3 Å². The van der Waals surface area contributed by atoms with Gasteiger partial charge in [-0.25, -0.2) is 0 Å². The van der Waals surface area contributed by atoms with Crippen LogP contribution in [0.5, 0.6) is 5.75 Å². The summed E-state index contributed by atoms with van der Waals surface area (Å²) in [5.74, 6) is 0.771. The SMILES string of the molecule is OCCOc1ccc(NCc2csc(Br)c2)cc1. The molecule has 3 nitrogen and oxygen atoms in total. The van der Waals surface area contributed by atoms with Crippen LogP contribution in [0.3, 0.4) is 0 Å². The highest BCUT2D eigenvalue weighted by molar-refractivity contribution is 9.11. The van der Waals surface area contributed by atoms with Gasteiger partial charge in [0.2, 0.25) is 0 Å². The monoisotopic (exact) mass is 327 g/mol. The second-order valence-electron chi connectivity index (χ2n) is 3.71. The highest BCUT2D eigenvalue weighted by Crippen LogP contribution is 2.22. The standard InChI is InChI=1S/C13H14BrNO2S/c14-13-7-10(9-18-13)8-15-11-1-3-12(4-2-11)17-6-5-16/h1-4,7,9,15-16H,5-6,8H2. The number of halogens is 1. The first kappa shape index (κ1) is 13.4. The predicted octanol–water partition coefficient (Wildman–Crippen LogP) is 3.49. The number of aliphatic hydroxyl groups excluding tert-OH is 1. The minimum Gasteiger partial charge on any atom is -0.491 e. The van der Waals surface area contributed by atoms with Crippen molar-refractivity contribution >= 4 is 33.0 Å². The van der Waals surface area contributed by atoms with Gasteiger partial charge in [0.1, 0.15) is 12.4 Å². The number of anilines is 1. The lowest BCUT2D eigenvalue weighted by Gasteiger charge is -2.07. The third-order valence-corrected chi connectivity index (χ3v) is 3.89. The van der Waals surface area contributed by atoms with E-state index in [4.69, 9.17) is 9.84 Å². The molecule has 0 spiro atoms. The van der Waals surface area contributed by atoms with E-state index in [2.05, 4.69) is 32.7 Å². The Morgan fingerprint density at radius 2 is 2.06 bits per heavy atom. The summed E-state index contributed by atoms with van der Waals surface area (Å²) in [6, 6.07) is 9.82. The lowest BCUT2D eigenvalue weighted by molar-refractivity contribution is 0.201. The number of rotatable bonds is 6. The minimum absolute atomic E-state index is 0.0348. The summed E-state index contributed by atoms with van der Waals surface area (Å²) in [6.45, 7) is 1.17. The molecule has 2 aromatic rings. The van der Waals surface area contributed by atoms with Crippen LogP contribution >= 0.6 is 27.3 Å². The van der Waals surface area contributed by atoms with Gasteiger partial charge >= 0.3 is 0 Å². The lowest BCUT2D eigenvalue weighted by atomic mass is 10.3. The van der Waals surface area contributed by atoms with Crippen molar-refractivity contribution in [1.29, 1.82) is 0 Å². The Morgan fingerprint density at radius 3 is 2.67 bits per heavy atom. The lowest BCUT2D eigenvalue weighted by Crippen LogP contribution is -2.02. The number of hydrogen-bond donors (Lipinski definition) is 2. The Hall–Kier alpha value is -1.04. The molecule has 0 aliphatic rings. The Morgan fingerprint density at radius 1 is 1.28 bits per heavy atom.